The lowest BCUT2D eigenvalue weighted by Crippen LogP contribution is -2.39. The molecule has 1 spiro atoms. The van der Waals surface area contributed by atoms with Gasteiger partial charge in [0.15, 0.2) is 5.96 Å². The molecule has 2 unspecified atom stereocenters. The molecule has 6 heteroatoms. The van der Waals surface area contributed by atoms with Crippen LogP contribution in [0.2, 0.25) is 0 Å². The van der Waals surface area contributed by atoms with E-state index in [0.29, 0.717) is 12.5 Å². The second kappa shape index (κ2) is 7.40. The van der Waals surface area contributed by atoms with E-state index >= 15 is 0 Å². The van der Waals surface area contributed by atoms with Crippen LogP contribution in [0.25, 0.3) is 0 Å². The molecule has 1 aromatic carbocycles. The van der Waals surface area contributed by atoms with Crippen LogP contribution in [0.15, 0.2) is 29.3 Å². The number of benzene rings is 1. The van der Waals surface area contributed by atoms with Crippen molar-refractivity contribution in [1.82, 2.24) is 0 Å². The fourth-order valence-electron chi connectivity index (χ4n) is 3.87. The Morgan fingerprint density at radius 3 is 2.71 bits per heavy atom. The van der Waals surface area contributed by atoms with E-state index < -0.39 is 0 Å². The van der Waals surface area contributed by atoms with Crippen LogP contribution in [-0.4, -0.2) is 44.0 Å². The molecule has 4 N–H and O–H groups in total. The Bertz CT molecular complexity index is 567. The highest BCUT2D eigenvalue weighted by atomic mass is 16.5. The molecule has 1 aliphatic heterocycles. The van der Waals surface area contributed by atoms with Crippen LogP contribution in [0.1, 0.15) is 25.7 Å². The number of nitrogens with one attached hydrogen (secondary N) is 1. The first-order chi connectivity index (χ1) is 11.6. The number of rotatable bonds is 4. The van der Waals surface area contributed by atoms with Crippen molar-refractivity contribution in [3.63, 3.8) is 0 Å². The van der Waals surface area contributed by atoms with Crippen molar-refractivity contribution in [2.45, 2.75) is 31.8 Å². The zero-order chi connectivity index (χ0) is 17.0. The lowest BCUT2D eigenvalue weighted by Gasteiger charge is -2.37. The molecule has 2 atom stereocenters. The highest BCUT2D eigenvalue weighted by molar-refractivity contribution is 5.92. The fraction of sp³-hybridized carbons (Fsp3) is 0.611. The number of guanidine groups is 1. The number of methoxy groups -OCH3 is 1. The number of nitrogens with two attached hydrogens (primary N) is 1. The Hall–Kier alpha value is -1.79. The van der Waals surface area contributed by atoms with Gasteiger partial charge in [0.1, 0.15) is 5.75 Å². The van der Waals surface area contributed by atoms with Gasteiger partial charge in [0.2, 0.25) is 0 Å². The minimum Gasteiger partial charge on any atom is -0.497 e. The molecule has 1 heterocycles. The van der Waals surface area contributed by atoms with Crippen LogP contribution in [-0.2, 0) is 4.74 Å². The molecule has 2 aliphatic rings. The third-order valence-corrected chi connectivity index (χ3v) is 5.43. The van der Waals surface area contributed by atoms with Gasteiger partial charge < -0.3 is 25.6 Å². The van der Waals surface area contributed by atoms with E-state index in [-0.39, 0.29) is 17.4 Å². The minimum absolute atomic E-state index is 0.0383. The average Bonchev–Trinajstić information content (AvgIpc) is 2.90. The average molecular weight is 333 g/mol. The molecule has 0 aromatic heterocycles. The van der Waals surface area contributed by atoms with Gasteiger partial charge in [0.05, 0.1) is 13.2 Å². The molecule has 2 fully saturated rings. The van der Waals surface area contributed by atoms with Gasteiger partial charge >= 0.3 is 0 Å². The molecule has 1 saturated heterocycles. The van der Waals surface area contributed by atoms with E-state index in [1.807, 2.05) is 24.3 Å². The van der Waals surface area contributed by atoms with Crippen molar-refractivity contribution in [1.29, 1.82) is 0 Å². The van der Waals surface area contributed by atoms with E-state index in [9.17, 15) is 5.11 Å². The molecule has 0 radical (unpaired) electrons. The molecule has 6 nitrogen and oxygen atoms in total. The number of aliphatic hydroxyl groups excluding tert-OH is 1. The Kier molecular flexibility index (Phi) is 5.26. The predicted molar refractivity (Wildman–Crippen MR) is 94.3 cm³/mol. The molecule has 3 rings (SSSR count). The van der Waals surface area contributed by atoms with E-state index in [1.54, 1.807) is 7.11 Å². The molecule has 0 amide bonds. The quantitative estimate of drug-likeness (QED) is 0.579. The van der Waals surface area contributed by atoms with Crippen molar-refractivity contribution in [3.05, 3.63) is 24.3 Å². The largest absolute Gasteiger partial charge is 0.497 e. The molecule has 132 valence electrons. The second-order valence-electron chi connectivity index (χ2n) is 6.80. The molecule has 1 aromatic rings. The predicted octanol–water partition coefficient (Wildman–Crippen LogP) is 1.99. The maximum absolute atomic E-state index is 10.7. The van der Waals surface area contributed by atoms with Gasteiger partial charge in [0, 0.05) is 36.8 Å². The van der Waals surface area contributed by atoms with Crippen molar-refractivity contribution in [2.75, 3.05) is 32.2 Å². The van der Waals surface area contributed by atoms with Crippen molar-refractivity contribution in [3.8, 4) is 5.75 Å². The van der Waals surface area contributed by atoms with Gasteiger partial charge in [-0.3, -0.25) is 4.99 Å². The van der Waals surface area contributed by atoms with E-state index in [4.69, 9.17) is 15.2 Å². The first kappa shape index (κ1) is 17.0. The highest BCUT2D eigenvalue weighted by Gasteiger charge is 2.47. The Balaban J connectivity index is 1.54. The Morgan fingerprint density at radius 2 is 2.04 bits per heavy atom. The summed E-state index contributed by atoms with van der Waals surface area (Å²) in [5.74, 6) is 1.35. The van der Waals surface area contributed by atoms with Crippen molar-refractivity contribution in [2.24, 2.45) is 22.1 Å². The minimum atomic E-state index is -0.307. The SMILES string of the molecule is COc1ccc(NC(N)=NCC2CCC3(CCOCC3)C2O)cc1. The van der Waals surface area contributed by atoms with E-state index in [1.165, 1.54) is 0 Å². The van der Waals surface area contributed by atoms with Crippen molar-refractivity contribution < 1.29 is 14.6 Å². The molecule has 24 heavy (non-hydrogen) atoms. The van der Waals surface area contributed by atoms with Crippen LogP contribution in [0.5, 0.6) is 5.75 Å². The molecular weight excluding hydrogens is 306 g/mol. The van der Waals surface area contributed by atoms with Crippen LogP contribution in [0, 0.1) is 11.3 Å². The third-order valence-electron chi connectivity index (χ3n) is 5.43. The van der Waals surface area contributed by atoms with Gasteiger partial charge in [-0.05, 0) is 49.9 Å². The zero-order valence-electron chi connectivity index (χ0n) is 14.2. The van der Waals surface area contributed by atoms with Gasteiger partial charge in [-0.1, -0.05) is 0 Å². The lowest BCUT2D eigenvalue weighted by atomic mass is 9.76. The summed E-state index contributed by atoms with van der Waals surface area (Å²) in [5, 5.41) is 13.8. The first-order valence-corrected chi connectivity index (χ1v) is 8.60. The highest BCUT2D eigenvalue weighted by Crippen LogP contribution is 2.48. The Morgan fingerprint density at radius 1 is 1.33 bits per heavy atom. The monoisotopic (exact) mass is 333 g/mol. The summed E-state index contributed by atoms with van der Waals surface area (Å²) in [6.45, 7) is 2.07. The first-order valence-electron chi connectivity index (χ1n) is 8.60. The van der Waals surface area contributed by atoms with Crippen molar-refractivity contribution >= 4 is 11.6 Å². The molecular formula is C18H27N3O3. The summed E-state index contributed by atoms with van der Waals surface area (Å²) in [5.41, 5.74) is 6.88. The summed E-state index contributed by atoms with van der Waals surface area (Å²) in [6, 6.07) is 7.52. The number of anilines is 1. The maximum Gasteiger partial charge on any atom is 0.193 e. The van der Waals surface area contributed by atoms with Gasteiger partial charge in [0.25, 0.3) is 0 Å². The summed E-state index contributed by atoms with van der Waals surface area (Å²) < 4.78 is 10.6. The van der Waals surface area contributed by atoms with Gasteiger partial charge in [-0.25, -0.2) is 0 Å². The Labute approximate surface area is 143 Å². The number of hydrogen-bond donors (Lipinski definition) is 3. The van der Waals surface area contributed by atoms with Gasteiger partial charge in [-0.2, -0.15) is 0 Å². The number of nitrogens with zero attached hydrogens (tertiary/aromatic N) is 1. The normalized spacial score (nSPS) is 26.5. The van der Waals surface area contributed by atoms with Crippen LogP contribution in [0.4, 0.5) is 5.69 Å². The zero-order valence-corrected chi connectivity index (χ0v) is 14.2. The van der Waals surface area contributed by atoms with E-state index in [0.717, 1.165) is 50.3 Å². The summed E-state index contributed by atoms with van der Waals surface area (Å²) in [4.78, 5) is 4.43. The number of aliphatic hydroxyl groups is 1. The summed E-state index contributed by atoms with van der Waals surface area (Å²) in [6.07, 6.45) is 3.66. The van der Waals surface area contributed by atoms with Crippen LogP contribution >= 0.6 is 0 Å². The van der Waals surface area contributed by atoms with Crippen LogP contribution < -0.4 is 15.8 Å². The lowest BCUT2D eigenvalue weighted by molar-refractivity contribution is -0.0548. The number of ether oxygens (including phenoxy) is 2. The topological polar surface area (TPSA) is 89.1 Å². The smallest absolute Gasteiger partial charge is 0.193 e. The van der Waals surface area contributed by atoms with Gasteiger partial charge in [-0.15, -0.1) is 0 Å². The van der Waals surface area contributed by atoms with E-state index in [2.05, 4.69) is 10.3 Å². The summed E-state index contributed by atoms with van der Waals surface area (Å²) in [7, 11) is 1.64. The summed E-state index contributed by atoms with van der Waals surface area (Å²) >= 11 is 0. The molecule has 0 bridgehead atoms. The standard InChI is InChI=1S/C18H27N3O3/c1-23-15-4-2-14(3-5-15)21-17(19)20-12-13-6-7-18(16(13)22)8-10-24-11-9-18/h2-5,13,16,22H,6-12H2,1H3,(H3,19,20,21). The molecule has 1 aliphatic carbocycles. The molecule has 1 saturated carbocycles. The fourth-order valence-corrected chi connectivity index (χ4v) is 3.87. The third kappa shape index (κ3) is 3.65. The number of hydrogen-bond acceptors (Lipinski definition) is 4. The second-order valence-corrected chi connectivity index (χ2v) is 6.80. The maximum atomic E-state index is 10.7. The number of aliphatic imine (C=N–C) groups is 1. The van der Waals surface area contributed by atoms with Crippen LogP contribution in [0.3, 0.4) is 0 Å².